The van der Waals surface area contributed by atoms with Gasteiger partial charge in [0.2, 0.25) is 0 Å². The van der Waals surface area contributed by atoms with E-state index < -0.39 is 0 Å². The largest absolute Gasteiger partial charge is 0.352 e. The third-order valence-electron chi connectivity index (χ3n) is 4.76. The van der Waals surface area contributed by atoms with Gasteiger partial charge in [0.05, 0.1) is 0 Å². The molecule has 2 aromatic carbocycles. The van der Waals surface area contributed by atoms with Crippen LogP contribution in [0.25, 0.3) is 0 Å². The molecule has 0 radical (unpaired) electrons. The lowest BCUT2D eigenvalue weighted by Crippen LogP contribution is -2.43. The maximum absolute atomic E-state index is 12.2. The normalized spacial score (nSPS) is 15.9. The average Bonchev–Trinajstić information content (AvgIpc) is 2.65. The molecule has 0 atom stereocenters. The van der Waals surface area contributed by atoms with Gasteiger partial charge in [-0.3, -0.25) is 9.69 Å². The number of hydrogen-bond acceptors (Lipinski definition) is 3. The highest BCUT2D eigenvalue weighted by Crippen LogP contribution is 2.10. The Morgan fingerprint density at radius 2 is 1.60 bits per heavy atom. The smallest absolute Gasteiger partial charge is 0.251 e. The molecule has 4 heteroatoms. The van der Waals surface area contributed by atoms with Gasteiger partial charge in [-0.2, -0.15) is 0 Å². The third-order valence-corrected chi connectivity index (χ3v) is 4.76. The summed E-state index contributed by atoms with van der Waals surface area (Å²) in [5.74, 6) is 0.00192. The molecule has 25 heavy (non-hydrogen) atoms. The van der Waals surface area contributed by atoms with Gasteiger partial charge in [-0.25, -0.2) is 0 Å². The Bertz CT molecular complexity index is 661. The van der Waals surface area contributed by atoms with E-state index in [4.69, 9.17) is 0 Å². The van der Waals surface area contributed by atoms with Crippen molar-refractivity contribution in [1.29, 1.82) is 0 Å². The fourth-order valence-corrected chi connectivity index (χ4v) is 3.09. The molecule has 1 aliphatic rings. The topological polar surface area (TPSA) is 35.6 Å². The highest BCUT2D eigenvalue weighted by molar-refractivity contribution is 5.94. The molecule has 0 aromatic heterocycles. The maximum atomic E-state index is 12.2. The summed E-state index contributed by atoms with van der Waals surface area (Å²) in [5.41, 5.74) is 3.24. The van der Waals surface area contributed by atoms with E-state index in [1.54, 1.807) is 0 Å². The Hall–Kier alpha value is -2.17. The standard InChI is InChI=1S/C21H27N3O/c1-23-13-15-24(16-14-23)17-19-7-9-20(10-8-19)21(25)22-12-11-18-5-3-2-4-6-18/h2-10H,11-17H2,1H3,(H,22,25). The van der Waals surface area contributed by atoms with Gasteiger partial charge in [-0.1, -0.05) is 42.5 Å². The van der Waals surface area contributed by atoms with E-state index in [1.807, 2.05) is 30.3 Å². The van der Waals surface area contributed by atoms with Crippen LogP contribution in [0.5, 0.6) is 0 Å². The van der Waals surface area contributed by atoms with E-state index in [0.717, 1.165) is 44.7 Å². The number of amides is 1. The number of nitrogens with one attached hydrogen (secondary N) is 1. The first-order chi connectivity index (χ1) is 12.2. The van der Waals surface area contributed by atoms with Crippen LogP contribution in [0.1, 0.15) is 21.5 Å². The molecule has 0 spiro atoms. The molecule has 4 nitrogen and oxygen atoms in total. The number of likely N-dealkylation sites (N-methyl/N-ethyl adjacent to an activating group) is 1. The van der Waals surface area contributed by atoms with E-state index in [2.05, 4.69) is 46.4 Å². The summed E-state index contributed by atoms with van der Waals surface area (Å²) in [5, 5.41) is 3.00. The van der Waals surface area contributed by atoms with Crippen molar-refractivity contribution in [2.24, 2.45) is 0 Å². The molecule has 0 saturated carbocycles. The van der Waals surface area contributed by atoms with Crippen molar-refractivity contribution in [3.8, 4) is 0 Å². The minimum absolute atomic E-state index is 0.00192. The highest BCUT2D eigenvalue weighted by Gasteiger charge is 2.14. The van der Waals surface area contributed by atoms with Gasteiger partial charge in [0.15, 0.2) is 0 Å². The zero-order valence-corrected chi connectivity index (χ0v) is 14.9. The van der Waals surface area contributed by atoms with Gasteiger partial charge in [-0.15, -0.1) is 0 Å². The van der Waals surface area contributed by atoms with Gasteiger partial charge in [0.1, 0.15) is 0 Å². The lowest BCUT2D eigenvalue weighted by molar-refractivity contribution is 0.0954. The van der Waals surface area contributed by atoms with Gasteiger partial charge in [0, 0.05) is 44.8 Å². The van der Waals surface area contributed by atoms with Crippen molar-refractivity contribution in [1.82, 2.24) is 15.1 Å². The number of benzene rings is 2. The zero-order chi connectivity index (χ0) is 17.5. The van der Waals surface area contributed by atoms with Crippen molar-refractivity contribution in [2.45, 2.75) is 13.0 Å². The number of piperazine rings is 1. The second kappa shape index (κ2) is 8.79. The van der Waals surface area contributed by atoms with E-state index in [1.165, 1.54) is 11.1 Å². The van der Waals surface area contributed by atoms with E-state index in [9.17, 15) is 4.79 Å². The predicted molar refractivity (Wildman–Crippen MR) is 102 cm³/mol. The van der Waals surface area contributed by atoms with Gasteiger partial charge in [0.25, 0.3) is 5.91 Å². The molecule has 0 unspecified atom stereocenters. The van der Waals surface area contributed by atoms with Crippen LogP contribution in [-0.4, -0.2) is 55.5 Å². The van der Waals surface area contributed by atoms with Crippen LogP contribution < -0.4 is 5.32 Å². The van der Waals surface area contributed by atoms with Gasteiger partial charge in [-0.05, 0) is 36.7 Å². The molecule has 1 aliphatic heterocycles. The van der Waals surface area contributed by atoms with Crippen LogP contribution in [0.4, 0.5) is 0 Å². The number of nitrogens with zero attached hydrogens (tertiary/aromatic N) is 2. The van der Waals surface area contributed by atoms with Crippen LogP contribution in [0.3, 0.4) is 0 Å². The molecule has 1 heterocycles. The fraction of sp³-hybridized carbons (Fsp3) is 0.381. The monoisotopic (exact) mass is 337 g/mol. The van der Waals surface area contributed by atoms with Crippen LogP contribution in [-0.2, 0) is 13.0 Å². The molecule has 1 N–H and O–H groups in total. The fourth-order valence-electron chi connectivity index (χ4n) is 3.09. The molecule has 0 bridgehead atoms. The SMILES string of the molecule is CN1CCN(Cc2ccc(C(=O)NCCc3ccccc3)cc2)CC1. The molecule has 1 amide bonds. The maximum Gasteiger partial charge on any atom is 0.251 e. The first kappa shape index (κ1) is 17.6. The van der Waals surface area contributed by atoms with Gasteiger partial charge >= 0.3 is 0 Å². The van der Waals surface area contributed by atoms with E-state index in [-0.39, 0.29) is 5.91 Å². The van der Waals surface area contributed by atoms with Crippen LogP contribution >= 0.6 is 0 Å². The number of rotatable bonds is 6. The predicted octanol–water partition coefficient (Wildman–Crippen LogP) is 2.41. The highest BCUT2D eigenvalue weighted by atomic mass is 16.1. The summed E-state index contributed by atoms with van der Waals surface area (Å²) in [6.45, 7) is 6.09. The summed E-state index contributed by atoms with van der Waals surface area (Å²) in [4.78, 5) is 17.1. The molecule has 1 saturated heterocycles. The minimum Gasteiger partial charge on any atom is -0.352 e. The Labute approximate surface area is 150 Å². The Morgan fingerprint density at radius 3 is 2.28 bits per heavy atom. The summed E-state index contributed by atoms with van der Waals surface area (Å²) >= 11 is 0. The Balaban J connectivity index is 1.45. The average molecular weight is 337 g/mol. The number of carbonyl (C=O) groups is 1. The van der Waals surface area contributed by atoms with E-state index in [0.29, 0.717) is 6.54 Å². The molecule has 1 fully saturated rings. The quantitative estimate of drug-likeness (QED) is 0.879. The summed E-state index contributed by atoms with van der Waals surface area (Å²) in [6.07, 6.45) is 0.855. The lowest BCUT2D eigenvalue weighted by Gasteiger charge is -2.32. The van der Waals surface area contributed by atoms with Crippen molar-refractivity contribution in [3.05, 3.63) is 71.3 Å². The molecule has 132 valence electrons. The van der Waals surface area contributed by atoms with Crippen molar-refractivity contribution in [2.75, 3.05) is 39.8 Å². The van der Waals surface area contributed by atoms with Crippen molar-refractivity contribution >= 4 is 5.91 Å². The molecular formula is C21H27N3O. The van der Waals surface area contributed by atoms with Gasteiger partial charge < -0.3 is 10.2 Å². The van der Waals surface area contributed by atoms with Crippen molar-refractivity contribution in [3.63, 3.8) is 0 Å². The second-order valence-corrected chi connectivity index (χ2v) is 6.77. The first-order valence-electron chi connectivity index (χ1n) is 9.03. The molecule has 3 rings (SSSR count). The van der Waals surface area contributed by atoms with Crippen LogP contribution in [0, 0.1) is 0 Å². The zero-order valence-electron chi connectivity index (χ0n) is 14.9. The molecule has 2 aromatic rings. The first-order valence-corrected chi connectivity index (χ1v) is 9.03. The lowest BCUT2D eigenvalue weighted by atomic mass is 10.1. The van der Waals surface area contributed by atoms with Crippen LogP contribution in [0.15, 0.2) is 54.6 Å². The minimum atomic E-state index is 0.00192. The molecule has 0 aliphatic carbocycles. The summed E-state index contributed by atoms with van der Waals surface area (Å²) in [6, 6.07) is 18.2. The number of carbonyl (C=O) groups excluding carboxylic acids is 1. The summed E-state index contributed by atoms with van der Waals surface area (Å²) < 4.78 is 0. The summed E-state index contributed by atoms with van der Waals surface area (Å²) in [7, 11) is 2.17. The van der Waals surface area contributed by atoms with E-state index >= 15 is 0 Å². The van der Waals surface area contributed by atoms with Crippen molar-refractivity contribution < 1.29 is 4.79 Å². The third kappa shape index (κ3) is 5.41. The number of hydrogen-bond donors (Lipinski definition) is 1. The Morgan fingerprint density at radius 1 is 0.920 bits per heavy atom. The molecular weight excluding hydrogens is 310 g/mol. The van der Waals surface area contributed by atoms with Crippen LogP contribution in [0.2, 0.25) is 0 Å². The second-order valence-electron chi connectivity index (χ2n) is 6.77. The Kier molecular flexibility index (Phi) is 6.20.